The first-order valence-corrected chi connectivity index (χ1v) is 11.4. The fraction of sp³-hybridized carbons (Fsp3) is 0.320. The van der Waals surface area contributed by atoms with Crippen LogP contribution in [0, 0.1) is 5.92 Å². The monoisotopic (exact) mass is 483 g/mol. The zero-order chi connectivity index (χ0) is 24.7. The van der Waals surface area contributed by atoms with E-state index in [9.17, 15) is 22.8 Å². The summed E-state index contributed by atoms with van der Waals surface area (Å²) >= 11 is 0. The van der Waals surface area contributed by atoms with Crippen molar-refractivity contribution < 1.29 is 18.0 Å². The number of nitrogens with zero attached hydrogens (tertiary/aromatic N) is 3. The number of aromatic nitrogens is 4. The van der Waals surface area contributed by atoms with Crippen molar-refractivity contribution in [2.75, 3.05) is 13.1 Å². The number of alkyl halides is 3. The molecule has 0 saturated carbocycles. The number of carbonyl (C=O) groups excluding carboxylic acids is 1. The Kier molecular flexibility index (Phi) is 5.74. The Morgan fingerprint density at radius 3 is 2.40 bits per heavy atom. The van der Waals surface area contributed by atoms with Gasteiger partial charge in [-0.25, -0.2) is 4.98 Å². The van der Waals surface area contributed by atoms with Crippen LogP contribution in [-0.2, 0) is 17.4 Å². The lowest BCUT2D eigenvalue weighted by Gasteiger charge is -2.31. The molecular formula is C25H24F3N5O2. The summed E-state index contributed by atoms with van der Waals surface area (Å²) in [6, 6.07) is 12.1. The minimum Gasteiger partial charge on any atom is -0.343 e. The van der Waals surface area contributed by atoms with Crippen molar-refractivity contribution >= 4 is 16.9 Å². The number of imidazole rings is 1. The molecule has 0 radical (unpaired) electrons. The van der Waals surface area contributed by atoms with Crippen molar-refractivity contribution in [3.05, 3.63) is 70.0 Å². The Bertz CT molecular complexity index is 1390. The van der Waals surface area contributed by atoms with E-state index in [1.807, 2.05) is 24.3 Å². The van der Waals surface area contributed by atoms with Gasteiger partial charge >= 0.3 is 6.18 Å². The Hall–Kier alpha value is -3.82. The normalized spacial score (nSPS) is 15.1. The molecule has 5 rings (SSSR count). The lowest BCUT2D eigenvalue weighted by Crippen LogP contribution is -2.37. The lowest BCUT2D eigenvalue weighted by molar-refractivity contribution is -0.137. The zero-order valence-corrected chi connectivity index (χ0v) is 19.0. The molecule has 0 spiro atoms. The molecule has 1 fully saturated rings. The second-order valence-electron chi connectivity index (χ2n) is 8.91. The zero-order valence-electron chi connectivity index (χ0n) is 19.0. The molecule has 3 heterocycles. The van der Waals surface area contributed by atoms with Crippen molar-refractivity contribution in [3.63, 3.8) is 0 Å². The van der Waals surface area contributed by atoms with Gasteiger partial charge in [-0.3, -0.25) is 14.7 Å². The predicted octanol–water partition coefficient (Wildman–Crippen LogP) is 4.53. The first kappa shape index (κ1) is 22.9. The van der Waals surface area contributed by atoms with Crippen LogP contribution >= 0.6 is 0 Å². The van der Waals surface area contributed by atoms with Gasteiger partial charge in [0.25, 0.3) is 5.56 Å². The molecule has 1 amide bonds. The molecule has 2 aromatic carbocycles. The number of carbonyl (C=O) groups is 1. The third-order valence-corrected chi connectivity index (χ3v) is 6.63. The summed E-state index contributed by atoms with van der Waals surface area (Å²) in [5.41, 5.74) is 1.86. The summed E-state index contributed by atoms with van der Waals surface area (Å²) in [5.74, 6) is 0.510. The minimum absolute atomic E-state index is 0.0304. The first-order chi connectivity index (χ1) is 16.7. The highest BCUT2D eigenvalue weighted by Crippen LogP contribution is 2.32. The molecule has 0 unspecified atom stereocenters. The average molecular weight is 483 g/mol. The smallest absolute Gasteiger partial charge is 0.343 e. The van der Waals surface area contributed by atoms with Crippen LogP contribution in [0.1, 0.15) is 30.9 Å². The number of rotatable bonds is 4. The fourth-order valence-corrected chi connectivity index (χ4v) is 4.66. The molecule has 0 bridgehead atoms. The maximum absolute atomic E-state index is 13.5. The number of amides is 1. The van der Waals surface area contributed by atoms with E-state index >= 15 is 0 Å². The third kappa shape index (κ3) is 4.48. The van der Waals surface area contributed by atoms with Gasteiger partial charge in [-0.05, 0) is 55.0 Å². The van der Waals surface area contributed by atoms with Gasteiger partial charge in [-0.2, -0.15) is 17.9 Å². The van der Waals surface area contributed by atoms with E-state index in [4.69, 9.17) is 0 Å². The third-order valence-electron chi connectivity index (χ3n) is 6.63. The van der Waals surface area contributed by atoms with Gasteiger partial charge in [0.1, 0.15) is 0 Å². The molecule has 182 valence electrons. The van der Waals surface area contributed by atoms with Crippen LogP contribution in [0.2, 0.25) is 0 Å². The molecule has 10 heteroatoms. The molecule has 1 saturated heterocycles. The Labute approximate surface area is 198 Å². The maximum Gasteiger partial charge on any atom is 0.416 e. The van der Waals surface area contributed by atoms with Gasteiger partial charge < -0.3 is 9.88 Å². The van der Waals surface area contributed by atoms with Crippen LogP contribution in [0.4, 0.5) is 13.2 Å². The van der Waals surface area contributed by atoms with Gasteiger partial charge in [0, 0.05) is 25.6 Å². The van der Waals surface area contributed by atoms with Crippen LogP contribution in [0.3, 0.4) is 0 Å². The van der Waals surface area contributed by atoms with E-state index < -0.39 is 11.7 Å². The lowest BCUT2D eigenvalue weighted by atomic mass is 9.89. The van der Waals surface area contributed by atoms with Crippen LogP contribution in [-0.4, -0.2) is 43.6 Å². The fourth-order valence-electron chi connectivity index (χ4n) is 4.66. The predicted molar refractivity (Wildman–Crippen MR) is 125 cm³/mol. The van der Waals surface area contributed by atoms with E-state index in [1.54, 1.807) is 11.8 Å². The van der Waals surface area contributed by atoms with Crippen molar-refractivity contribution in [3.8, 4) is 17.2 Å². The van der Waals surface area contributed by atoms with Crippen molar-refractivity contribution in [1.82, 2.24) is 24.6 Å². The number of likely N-dealkylation sites (tertiary alicyclic amines) is 1. The molecular weight excluding hydrogens is 459 g/mol. The number of hydrogen-bond acceptors (Lipinski definition) is 3. The van der Waals surface area contributed by atoms with Gasteiger partial charge in [0.15, 0.2) is 0 Å². The minimum atomic E-state index is -4.44. The van der Waals surface area contributed by atoms with E-state index in [2.05, 4.69) is 15.1 Å². The average Bonchev–Trinajstić information content (AvgIpc) is 3.40. The van der Waals surface area contributed by atoms with E-state index in [1.165, 1.54) is 16.8 Å². The topological polar surface area (TPSA) is 86.8 Å². The molecule has 7 nitrogen and oxygen atoms in total. The van der Waals surface area contributed by atoms with Gasteiger partial charge in [0.2, 0.25) is 11.9 Å². The number of halogens is 3. The summed E-state index contributed by atoms with van der Waals surface area (Å²) in [7, 11) is 0. The number of fused-ring (bicyclic) bond motifs is 1. The number of piperidine rings is 1. The van der Waals surface area contributed by atoms with Crippen LogP contribution in [0.5, 0.6) is 0 Å². The Morgan fingerprint density at radius 1 is 1.09 bits per heavy atom. The van der Waals surface area contributed by atoms with Crippen molar-refractivity contribution in [2.24, 2.45) is 5.92 Å². The van der Waals surface area contributed by atoms with E-state index in [-0.39, 0.29) is 17.4 Å². The Morgan fingerprint density at radius 2 is 1.77 bits per heavy atom. The molecule has 1 aliphatic heterocycles. The molecule has 2 N–H and O–H groups in total. The maximum atomic E-state index is 13.5. The van der Waals surface area contributed by atoms with Gasteiger partial charge in [-0.15, -0.1) is 0 Å². The van der Waals surface area contributed by atoms with Gasteiger partial charge in [0.05, 0.1) is 22.3 Å². The summed E-state index contributed by atoms with van der Waals surface area (Å²) < 4.78 is 40.6. The largest absolute Gasteiger partial charge is 0.416 e. The highest BCUT2D eigenvalue weighted by molar-refractivity contribution is 5.76. The SMILES string of the molecule is CC(=O)N1CCC(Cc2c(-c3ccc(C(F)(F)F)cc3)[nH]n(-c3nc4ccccc4[nH]3)c2=O)CC1. The first-order valence-electron chi connectivity index (χ1n) is 11.4. The summed E-state index contributed by atoms with van der Waals surface area (Å²) in [6.07, 6.45) is -2.49. The number of H-pyrrole nitrogens is 2. The number of nitrogens with one attached hydrogen (secondary N) is 2. The molecule has 4 aromatic rings. The molecule has 1 aliphatic rings. The summed E-state index contributed by atoms with van der Waals surface area (Å²) in [5, 5.41) is 3.08. The van der Waals surface area contributed by atoms with Crippen molar-refractivity contribution in [1.29, 1.82) is 0 Å². The van der Waals surface area contributed by atoms with Crippen LogP contribution < -0.4 is 5.56 Å². The number of aromatic amines is 2. The van der Waals surface area contributed by atoms with Crippen LogP contribution in [0.25, 0.3) is 28.2 Å². The molecule has 2 aromatic heterocycles. The Balaban J connectivity index is 1.54. The quantitative estimate of drug-likeness (QED) is 0.447. The van der Waals surface area contributed by atoms with E-state index in [0.29, 0.717) is 47.8 Å². The summed E-state index contributed by atoms with van der Waals surface area (Å²) in [4.78, 5) is 34.6. The van der Waals surface area contributed by atoms with Gasteiger partial charge in [-0.1, -0.05) is 24.3 Å². The highest BCUT2D eigenvalue weighted by Gasteiger charge is 2.31. The molecule has 35 heavy (non-hydrogen) atoms. The van der Waals surface area contributed by atoms with Crippen molar-refractivity contribution in [2.45, 2.75) is 32.4 Å². The molecule has 0 aliphatic carbocycles. The van der Waals surface area contributed by atoms with Crippen LogP contribution in [0.15, 0.2) is 53.3 Å². The number of para-hydroxylation sites is 2. The number of benzene rings is 2. The summed E-state index contributed by atoms with van der Waals surface area (Å²) in [6.45, 7) is 2.79. The molecule has 0 atom stereocenters. The second kappa shape index (κ2) is 8.75. The second-order valence-corrected chi connectivity index (χ2v) is 8.91. The standard InChI is InChI=1S/C25H24F3N5O2/c1-15(34)32-12-10-16(11-13-32)14-19-22(17-6-8-18(9-7-17)25(26,27)28)31-33(23(19)35)24-29-20-4-2-3-5-21(20)30-24/h2-9,16,31H,10-14H2,1H3,(H,29,30). The highest BCUT2D eigenvalue weighted by atomic mass is 19.4. The van der Waals surface area contributed by atoms with E-state index in [0.717, 1.165) is 30.5 Å². The number of hydrogen-bond donors (Lipinski definition) is 2.